The van der Waals surface area contributed by atoms with E-state index in [-0.39, 0.29) is 11.9 Å². The molecule has 4 heterocycles. The first-order valence-electron chi connectivity index (χ1n) is 12.4. The third kappa shape index (κ3) is 5.99. The summed E-state index contributed by atoms with van der Waals surface area (Å²) in [4.78, 5) is 26.9. The Morgan fingerprint density at radius 2 is 1.79 bits per heavy atom. The fraction of sp³-hybridized carbons (Fsp3) is 0.296. The highest BCUT2D eigenvalue weighted by Crippen LogP contribution is 2.24. The van der Waals surface area contributed by atoms with Gasteiger partial charge in [-0.3, -0.25) is 9.78 Å². The van der Waals surface area contributed by atoms with E-state index in [4.69, 9.17) is 10.7 Å². The summed E-state index contributed by atoms with van der Waals surface area (Å²) in [7, 11) is 0. The zero-order valence-electron chi connectivity index (χ0n) is 20.7. The van der Waals surface area contributed by atoms with E-state index in [2.05, 4.69) is 31.2 Å². The molecule has 38 heavy (non-hydrogen) atoms. The smallest absolute Gasteiger partial charge is 0.306 e. The molecule has 5 rings (SSSR count). The van der Waals surface area contributed by atoms with E-state index < -0.39 is 5.97 Å². The predicted octanol–water partition coefficient (Wildman–Crippen LogP) is 2.64. The number of aliphatic carboxylic acids is 1. The lowest BCUT2D eigenvalue weighted by molar-refractivity contribution is -0.143. The largest absolute Gasteiger partial charge is 0.481 e. The average Bonchev–Trinajstić information content (AvgIpc) is 3.40. The number of carboxylic acids is 1. The molecule has 192 valence electrons. The highest BCUT2D eigenvalue weighted by Gasteiger charge is 2.24. The van der Waals surface area contributed by atoms with Crippen LogP contribution in [0.15, 0.2) is 54.7 Å². The van der Waals surface area contributed by atoms with Gasteiger partial charge in [0.1, 0.15) is 5.69 Å². The Bertz CT molecular complexity index is 1490. The Morgan fingerprint density at radius 3 is 2.58 bits per heavy atom. The molecule has 0 aliphatic carbocycles. The van der Waals surface area contributed by atoms with Gasteiger partial charge < -0.3 is 15.7 Å². The van der Waals surface area contributed by atoms with Gasteiger partial charge >= 0.3 is 5.97 Å². The van der Waals surface area contributed by atoms with Crippen molar-refractivity contribution in [3.8, 4) is 28.7 Å². The number of pyridine rings is 1. The lowest BCUT2D eigenvalue weighted by atomic mass is 9.97. The normalized spacial score (nSPS) is 14.3. The maximum absolute atomic E-state index is 11.2. The first-order chi connectivity index (χ1) is 18.5. The number of nitrogen functional groups attached to an aromatic ring is 1. The van der Waals surface area contributed by atoms with Crippen LogP contribution < -0.4 is 5.73 Å². The Morgan fingerprint density at radius 1 is 1.03 bits per heavy atom. The van der Waals surface area contributed by atoms with Crippen molar-refractivity contribution in [2.75, 3.05) is 25.4 Å². The standard InChI is InChI=1S/C27H27N9O2/c28-15-18-3-1-4-20(13-18)23-14-24(32-27(29)31-23)25-17-36(34-33-25)16-22-6-2-5-21(30-22)9-12-35-10-7-19(8-11-35)26(37)38/h1-6,13-14,17,19H,7-12,16H2,(H,37,38)(H2,29,31,32). The van der Waals surface area contributed by atoms with Crippen molar-refractivity contribution in [1.82, 2.24) is 34.8 Å². The summed E-state index contributed by atoms with van der Waals surface area (Å²) in [6, 6.07) is 17.0. The van der Waals surface area contributed by atoms with Crippen molar-refractivity contribution in [3.05, 3.63) is 71.7 Å². The van der Waals surface area contributed by atoms with E-state index in [0.29, 0.717) is 42.0 Å². The molecule has 1 aliphatic rings. The van der Waals surface area contributed by atoms with Gasteiger partial charge in [-0.1, -0.05) is 23.4 Å². The van der Waals surface area contributed by atoms with E-state index in [1.165, 1.54) is 0 Å². The Balaban J connectivity index is 1.24. The van der Waals surface area contributed by atoms with E-state index in [1.54, 1.807) is 35.1 Å². The van der Waals surface area contributed by atoms with Crippen LogP contribution in [0.4, 0.5) is 5.95 Å². The van der Waals surface area contributed by atoms with Gasteiger partial charge in [0.25, 0.3) is 0 Å². The second-order valence-corrected chi connectivity index (χ2v) is 9.32. The van der Waals surface area contributed by atoms with Crippen LogP contribution in [0.25, 0.3) is 22.6 Å². The summed E-state index contributed by atoms with van der Waals surface area (Å²) >= 11 is 0. The lowest BCUT2D eigenvalue weighted by Gasteiger charge is -2.29. The lowest BCUT2D eigenvalue weighted by Crippen LogP contribution is -2.37. The topological polar surface area (TPSA) is 160 Å². The predicted molar refractivity (Wildman–Crippen MR) is 139 cm³/mol. The molecule has 0 saturated carbocycles. The molecule has 0 bridgehead atoms. The first kappa shape index (κ1) is 25.0. The summed E-state index contributed by atoms with van der Waals surface area (Å²) in [5.74, 6) is -0.805. The molecule has 3 aromatic heterocycles. The van der Waals surface area contributed by atoms with Crippen molar-refractivity contribution in [1.29, 1.82) is 5.26 Å². The minimum Gasteiger partial charge on any atom is -0.481 e. The van der Waals surface area contributed by atoms with Crippen LogP contribution in [-0.2, 0) is 17.8 Å². The number of anilines is 1. The van der Waals surface area contributed by atoms with Gasteiger partial charge in [0.2, 0.25) is 5.95 Å². The molecule has 0 radical (unpaired) electrons. The molecule has 0 unspecified atom stereocenters. The van der Waals surface area contributed by atoms with Gasteiger partial charge in [0.15, 0.2) is 0 Å². The number of likely N-dealkylation sites (tertiary alicyclic amines) is 1. The molecule has 0 amide bonds. The fourth-order valence-electron chi connectivity index (χ4n) is 4.58. The van der Waals surface area contributed by atoms with Crippen LogP contribution in [0.3, 0.4) is 0 Å². The minimum atomic E-state index is -0.690. The molecule has 0 atom stereocenters. The summed E-state index contributed by atoms with van der Waals surface area (Å²) in [5, 5.41) is 26.9. The van der Waals surface area contributed by atoms with Crippen LogP contribution in [0.1, 0.15) is 29.8 Å². The number of nitrogens with zero attached hydrogens (tertiary/aromatic N) is 8. The zero-order chi connectivity index (χ0) is 26.5. The Hall–Kier alpha value is -4.69. The van der Waals surface area contributed by atoms with E-state index in [1.807, 2.05) is 24.3 Å². The van der Waals surface area contributed by atoms with Gasteiger partial charge in [0, 0.05) is 24.2 Å². The van der Waals surface area contributed by atoms with Crippen molar-refractivity contribution in [2.45, 2.75) is 25.8 Å². The molecule has 1 saturated heterocycles. The highest BCUT2D eigenvalue weighted by atomic mass is 16.4. The quantitative estimate of drug-likeness (QED) is 0.361. The van der Waals surface area contributed by atoms with Crippen molar-refractivity contribution in [2.24, 2.45) is 5.92 Å². The van der Waals surface area contributed by atoms with E-state index in [9.17, 15) is 15.2 Å². The first-order valence-corrected chi connectivity index (χ1v) is 12.4. The molecule has 3 N–H and O–H groups in total. The van der Waals surface area contributed by atoms with Gasteiger partial charge in [-0.15, -0.1) is 5.10 Å². The summed E-state index contributed by atoms with van der Waals surface area (Å²) in [6.45, 7) is 2.91. The SMILES string of the molecule is N#Cc1cccc(-c2cc(-c3cn(Cc4cccc(CCN5CCC(C(=O)O)CC5)n4)nn3)nc(N)n2)c1. The number of aromatic nitrogens is 6. The van der Waals surface area contributed by atoms with Crippen LogP contribution in [0, 0.1) is 17.2 Å². The van der Waals surface area contributed by atoms with Crippen molar-refractivity contribution in [3.63, 3.8) is 0 Å². The van der Waals surface area contributed by atoms with Gasteiger partial charge in [-0.2, -0.15) is 5.26 Å². The molecule has 1 fully saturated rings. The Kier molecular flexibility index (Phi) is 7.33. The molecule has 11 heteroatoms. The van der Waals surface area contributed by atoms with Gasteiger partial charge in [-0.25, -0.2) is 14.6 Å². The number of rotatable bonds is 8. The Labute approximate surface area is 219 Å². The molecular formula is C27H27N9O2. The number of hydrogen-bond acceptors (Lipinski definition) is 9. The number of piperidine rings is 1. The summed E-state index contributed by atoms with van der Waals surface area (Å²) in [6.07, 6.45) is 3.98. The van der Waals surface area contributed by atoms with Crippen molar-refractivity contribution < 1.29 is 9.90 Å². The third-order valence-electron chi connectivity index (χ3n) is 6.64. The monoisotopic (exact) mass is 509 g/mol. The molecule has 11 nitrogen and oxygen atoms in total. The van der Waals surface area contributed by atoms with Gasteiger partial charge in [-0.05, 0) is 56.3 Å². The maximum Gasteiger partial charge on any atom is 0.306 e. The molecule has 1 aliphatic heterocycles. The summed E-state index contributed by atoms with van der Waals surface area (Å²) in [5.41, 5.74) is 10.8. The number of benzene rings is 1. The van der Waals surface area contributed by atoms with Crippen LogP contribution in [0.5, 0.6) is 0 Å². The number of carboxylic acid groups (broad SMARTS) is 1. The second-order valence-electron chi connectivity index (χ2n) is 9.32. The second kappa shape index (κ2) is 11.1. The number of carbonyl (C=O) groups is 1. The van der Waals surface area contributed by atoms with E-state index in [0.717, 1.165) is 43.0 Å². The maximum atomic E-state index is 11.2. The molecule has 0 spiro atoms. The van der Waals surface area contributed by atoms with Crippen molar-refractivity contribution >= 4 is 11.9 Å². The van der Waals surface area contributed by atoms with Crippen LogP contribution in [0.2, 0.25) is 0 Å². The average molecular weight is 510 g/mol. The fourth-order valence-corrected chi connectivity index (χ4v) is 4.58. The van der Waals surface area contributed by atoms with Crippen LogP contribution in [-0.4, -0.2) is 65.6 Å². The third-order valence-corrected chi connectivity index (χ3v) is 6.64. The zero-order valence-corrected chi connectivity index (χ0v) is 20.7. The van der Waals surface area contributed by atoms with Crippen LogP contribution >= 0.6 is 0 Å². The molecular weight excluding hydrogens is 482 g/mol. The highest BCUT2D eigenvalue weighted by molar-refractivity contribution is 5.70. The molecule has 4 aromatic rings. The number of nitrogens with two attached hydrogens (primary N) is 1. The number of nitriles is 1. The molecule has 1 aromatic carbocycles. The minimum absolute atomic E-state index is 0.107. The van der Waals surface area contributed by atoms with E-state index >= 15 is 0 Å². The summed E-state index contributed by atoms with van der Waals surface area (Å²) < 4.78 is 1.70. The number of hydrogen-bond donors (Lipinski definition) is 2. The van der Waals surface area contributed by atoms with Gasteiger partial charge in [0.05, 0.1) is 47.4 Å².